The molecule has 2 aromatic heterocycles. The van der Waals surface area contributed by atoms with Crippen molar-refractivity contribution in [2.75, 3.05) is 0 Å². The number of ether oxygens (including phenoxy) is 1. The molecule has 2 N–H and O–H groups in total. The van der Waals surface area contributed by atoms with Crippen LogP contribution in [-0.2, 0) is 0 Å². The maximum atomic E-state index is 11.0. The van der Waals surface area contributed by atoms with Gasteiger partial charge in [-0.05, 0) is 18.2 Å². The van der Waals surface area contributed by atoms with Crippen LogP contribution in [0, 0.1) is 0 Å². The van der Waals surface area contributed by atoms with Crippen molar-refractivity contribution in [1.29, 1.82) is 0 Å². The van der Waals surface area contributed by atoms with Crippen molar-refractivity contribution in [1.82, 2.24) is 19.9 Å². The fourth-order valence-corrected chi connectivity index (χ4v) is 1.86. The number of aromatic amines is 1. The first-order valence-electron chi connectivity index (χ1n) is 5.50. The van der Waals surface area contributed by atoms with E-state index in [1.807, 2.05) is 0 Å². The van der Waals surface area contributed by atoms with Gasteiger partial charge >= 0.3 is 5.97 Å². The number of halogens is 1. The second-order valence-corrected chi connectivity index (χ2v) is 4.24. The van der Waals surface area contributed by atoms with E-state index in [4.69, 9.17) is 21.4 Å². The van der Waals surface area contributed by atoms with Crippen LogP contribution in [-0.4, -0.2) is 31.0 Å². The minimum atomic E-state index is -1.13. The number of rotatable bonds is 3. The third-order valence-corrected chi connectivity index (χ3v) is 2.90. The number of fused-ring (bicyclic) bond motifs is 1. The van der Waals surface area contributed by atoms with Crippen LogP contribution in [0.5, 0.6) is 11.6 Å². The Morgan fingerprint density at radius 2 is 2.15 bits per heavy atom. The number of carbonyl (C=O) groups is 1. The van der Waals surface area contributed by atoms with E-state index in [2.05, 4.69) is 19.9 Å². The molecule has 100 valence electrons. The van der Waals surface area contributed by atoms with Gasteiger partial charge < -0.3 is 14.8 Å². The van der Waals surface area contributed by atoms with Gasteiger partial charge in [0.15, 0.2) is 5.65 Å². The molecule has 0 aliphatic carbocycles. The van der Waals surface area contributed by atoms with Crippen molar-refractivity contribution in [2.45, 2.75) is 0 Å². The number of carboxylic acid groups (broad SMARTS) is 1. The number of hydrogen-bond donors (Lipinski definition) is 2. The molecule has 0 spiro atoms. The van der Waals surface area contributed by atoms with Crippen LogP contribution in [0.1, 0.15) is 10.4 Å². The van der Waals surface area contributed by atoms with Crippen LogP contribution in [0.2, 0.25) is 5.02 Å². The molecular formula is C12H7ClN4O3. The topological polar surface area (TPSA) is 101 Å². The second-order valence-electron chi connectivity index (χ2n) is 3.83. The molecule has 2 heterocycles. The summed E-state index contributed by atoms with van der Waals surface area (Å²) in [5.41, 5.74) is 0.945. The standard InChI is InChI=1S/C12H7ClN4O3/c13-8-2-1-6(3-7(8)12(18)19)20-11-9-10(15-4-14-9)16-5-17-11/h1-5H,(H,18,19)(H,14,15,16,17). The quantitative estimate of drug-likeness (QED) is 0.768. The van der Waals surface area contributed by atoms with E-state index in [0.717, 1.165) is 0 Å². The summed E-state index contributed by atoms with van der Waals surface area (Å²) in [7, 11) is 0. The predicted octanol–water partition coefficient (Wildman–Crippen LogP) is 2.50. The van der Waals surface area contributed by atoms with Gasteiger partial charge in [0.1, 0.15) is 17.6 Å². The van der Waals surface area contributed by atoms with E-state index < -0.39 is 5.97 Å². The minimum absolute atomic E-state index is 0.0425. The van der Waals surface area contributed by atoms with Gasteiger partial charge in [0.25, 0.3) is 0 Å². The molecule has 8 heteroatoms. The Morgan fingerprint density at radius 3 is 2.95 bits per heavy atom. The Labute approximate surface area is 117 Å². The molecule has 0 saturated heterocycles. The van der Waals surface area contributed by atoms with Gasteiger partial charge in [-0.1, -0.05) is 11.6 Å². The highest BCUT2D eigenvalue weighted by molar-refractivity contribution is 6.33. The molecular weight excluding hydrogens is 284 g/mol. The number of carboxylic acids is 1. The van der Waals surface area contributed by atoms with Crippen LogP contribution in [0.4, 0.5) is 0 Å². The molecule has 0 aliphatic rings. The van der Waals surface area contributed by atoms with E-state index in [9.17, 15) is 4.79 Å². The molecule has 3 rings (SSSR count). The lowest BCUT2D eigenvalue weighted by molar-refractivity contribution is 0.0696. The zero-order valence-electron chi connectivity index (χ0n) is 9.87. The second kappa shape index (κ2) is 4.78. The molecule has 0 aliphatic heterocycles. The molecule has 0 bridgehead atoms. The number of imidazole rings is 1. The van der Waals surface area contributed by atoms with Crippen molar-refractivity contribution >= 4 is 28.7 Å². The fourth-order valence-electron chi connectivity index (χ4n) is 1.66. The number of H-pyrrole nitrogens is 1. The Bertz CT molecular complexity index is 802. The summed E-state index contributed by atoms with van der Waals surface area (Å²) in [4.78, 5) is 25.8. The van der Waals surface area contributed by atoms with Crippen molar-refractivity contribution in [3.8, 4) is 11.6 Å². The monoisotopic (exact) mass is 290 g/mol. The van der Waals surface area contributed by atoms with Gasteiger partial charge in [-0.25, -0.2) is 14.8 Å². The van der Waals surface area contributed by atoms with E-state index in [-0.39, 0.29) is 16.5 Å². The van der Waals surface area contributed by atoms with Gasteiger partial charge in [-0.3, -0.25) is 0 Å². The highest BCUT2D eigenvalue weighted by Crippen LogP contribution is 2.27. The first-order chi connectivity index (χ1) is 9.65. The number of hydrogen-bond acceptors (Lipinski definition) is 5. The number of aromatic carboxylic acids is 1. The fraction of sp³-hybridized carbons (Fsp3) is 0. The Balaban J connectivity index is 2.01. The lowest BCUT2D eigenvalue weighted by Crippen LogP contribution is -1.98. The first-order valence-corrected chi connectivity index (χ1v) is 5.88. The largest absolute Gasteiger partial charge is 0.478 e. The normalized spacial score (nSPS) is 10.7. The molecule has 1 aromatic carbocycles. The number of nitrogens with zero attached hydrogens (tertiary/aromatic N) is 3. The molecule has 20 heavy (non-hydrogen) atoms. The Kier molecular flexibility index (Phi) is 2.96. The summed E-state index contributed by atoms with van der Waals surface area (Å²) in [6, 6.07) is 4.33. The minimum Gasteiger partial charge on any atom is -0.478 e. The number of aromatic nitrogens is 4. The number of benzene rings is 1. The zero-order chi connectivity index (χ0) is 14.1. The highest BCUT2D eigenvalue weighted by atomic mass is 35.5. The van der Waals surface area contributed by atoms with Crippen molar-refractivity contribution in [3.63, 3.8) is 0 Å². The zero-order valence-corrected chi connectivity index (χ0v) is 10.6. The van der Waals surface area contributed by atoms with E-state index in [1.54, 1.807) is 6.07 Å². The third kappa shape index (κ3) is 2.14. The lowest BCUT2D eigenvalue weighted by Gasteiger charge is -2.06. The SMILES string of the molecule is O=C(O)c1cc(Oc2ncnc3nc[nH]c23)ccc1Cl. The van der Waals surface area contributed by atoms with Crippen molar-refractivity contribution < 1.29 is 14.6 Å². The van der Waals surface area contributed by atoms with Crippen LogP contribution in [0.15, 0.2) is 30.9 Å². The summed E-state index contributed by atoms with van der Waals surface area (Å²) in [5.74, 6) is -0.567. The predicted molar refractivity (Wildman–Crippen MR) is 70.2 cm³/mol. The Morgan fingerprint density at radius 1 is 1.30 bits per heavy atom. The molecule has 0 fully saturated rings. The summed E-state index contributed by atoms with van der Waals surface area (Å²) >= 11 is 5.79. The van der Waals surface area contributed by atoms with Gasteiger partial charge in [0.2, 0.25) is 5.88 Å². The van der Waals surface area contributed by atoms with Crippen LogP contribution in [0.3, 0.4) is 0 Å². The average molecular weight is 291 g/mol. The van der Waals surface area contributed by atoms with Crippen molar-refractivity contribution in [3.05, 3.63) is 41.4 Å². The van der Waals surface area contributed by atoms with Crippen LogP contribution < -0.4 is 4.74 Å². The summed E-state index contributed by atoms with van der Waals surface area (Å²) in [6.45, 7) is 0. The van der Waals surface area contributed by atoms with E-state index in [1.165, 1.54) is 24.8 Å². The molecule has 0 saturated carbocycles. The first kappa shape index (κ1) is 12.4. The third-order valence-electron chi connectivity index (χ3n) is 2.57. The molecule has 0 unspecified atom stereocenters. The molecule has 0 amide bonds. The van der Waals surface area contributed by atoms with Gasteiger partial charge in [0, 0.05) is 0 Å². The smallest absolute Gasteiger partial charge is 0.337 e. The van der Waals surface area contributed by atoms with E-state index in [0.29, 0.717) is 16.9 Å². The Hall–Kier alpha value is -2.67. The average Bonchev–Trinajstić information content (AvgIpc) is 2.90. The number of nitrogens with one attached hydrogen (secondary N) is 1. The summed E-state index contributed by atoms with van der Waals surface area (Å²) < 4.78 is 5.55. The molecule has 0 radical (unpaired) electrons. The summed E-state index contributed by atoms with van der Waals surface area (Å²) in [5, 5.41) is 9.15. The van der Waals surface area contributed by atoms with Crippen LogP contribution in [0.25, 0.3) is 11.2 Å². The van der Waals surface area contributed by atoms with Gasteiger partial charge in [-0.15, -0.1) is 0 Å². The van der Waals surface area contributed by atoms with Crippen molar-refractivity contribution in [2.24, 2.45) is 0 Å². The maximum absolute atomic E-state index is 11.0. The lowest BCUT2D eigenvalue weighted by atomic mass is 10.2. The van der Waals surface area contributed by atoms with Gasteiger partial charge in [-0.2, -0.15) is 4.98 Å². The molecule has 7 nitrogen and oxygen atoms in total. The van der Waals surface area contributed by atoms with E-state index >= 15 is 0 Å². The molecule has 0 atom stereocenters. The van der Waals surface area contributed by atoms with Gasteiger partial charge in [0.05, 0.1) is 16.9 Å². The molecule has 3 aromatic rings. The van der Waals surface area contributed by atoms with Crippen LogP contribution >= 0.6 is 11.6 Å². The maximum Gasteiger partial charge on any atom is 0.337 e. The summed E-state index contributed by atoms with van der Waals surface area (Å²) in [6.07, 6.45) is 2.78. The highest BCUT2D eigenvalue weighted by Gasteiger charge is 2.12.